The van der Waals surface area contributed by atoms with E-state index in [1.165, 1.54) is 0 Å². The molecule has 0 bridgehead atoms. The Hall–Kier alpha value is -4.08. The minimum absolute atomic E-state index is 0.00601. The molecule has 5 aromatic rings. The summed E-state index contributed by atoms with van der Waals surface area (Å²) in [6, 6.07) is 11.8. The summed E-state index contributed by atoms with van der Waals surface area (Å²) in [5.74, 6) is 0.793. The van der Waals surface area contributed by atoms with E-state index in [0.29, 0.717) is 23.4 Å². The van der Waals surface area contributed by atoms with Crippen molar-refractivity contribution in [3.63, 3.8) is 0 Å². The van der Waals surface area contributed by atoms with Gasteiger partial charge in [-0.25, -0.2) is 19.9 Å². The van der Waals surface area contributed by atoms with E-state index in [1.54, 1.807) is 0 Å². The highest BCUT2D eigenvalue weighted by Gasteiger charge is 2.23. The molecule has 1 aromatic carbocycles. The number of hydrogen-bond donors (Lipinski definition) is 0. The van der Waals surface area contributed by atoms with E-state index >= 15 is 0 Å². The van der Waals surface area contributed by atoms with Crippen LogP contribution in [0.3, 0.4) is 0 Å². The zero-order valence-corrected chi connectivity index (χ0v) is 16.7. The van der Waals surface area contributed by atoms with Crippen LogP contribution in [0.25, 0.3) is 38.9 Å². The number of rotatable bonds is 3. The monoisotopic (exact) mass is 395 g/mol. The molecular weight excluding hydrogens is 378 g/mol. The molecule has 5 rings (SSSR count). The van der Waals surface area contributed by atoms with E-state index in [0.717, 1.165) is 34.4 Å². The number of aromatic nitrogens is 6. The van der Waals surface area contributed by atoms with E-state index in [-0.39, 0.29) is 11.4 Å². The molecule has 0 aliphatic heterocycles. The van der Waals surface area contributed by atoms with Gasteiger partial charge in [0.05, 0.1) is 16.4 Å². The van der Waals surface area contributed by atoms with Crippen LogP contribution in [0.1, 0.15) is 17.2 Å². The van der Waals surface area contributed by atoms with Crippen LogP contribution in [-0.2, 0) is 6.54 Å². The molecule has 146 valence electrons. The van der Waals surface area contributed by atoms with E-state index in [2.05, 4.69) is 14.9 Å². The third-order valence-electron chi connectivity index (χ3n) is 5.21. The first-order chi connectivity index (χ1) is 14.5. The number of para-hydroxylation sites is 2. The maximum atomic E-state index is 9.48. The second-order valence-electron chi connectivity index (χ2n) is 7.39. The van der Waals surface area contributed by atoms with Crippen LogP contribution in [0.4, 0.5) is 0 Å². The quantitative estimate of drug-likeness (QED) is 0.461. The molecule has 0 radical (unpaired) electrons. The minimum Gasteiger partial charge on any atom is -0.308 e. The average Bonchev–Trinajstić information content (AvgIpc) is 3.26. The third-order valence-corrected chi connectivity index (χ3v) is 5.21. The highest BCUT2D eigenvalue weighted by atomic mass is 15.2. The van der Waals surface area contributed by atoms with Crippen molar-refractivity contribution in [2.45, 2.75) is 13.5 Å². The Morgan fingerprint density at radius 1 is 0.933 bits per heavy atom. The zero-order chi connectivity index (χ0) is 21.0. The Labute approximate surface area is 171 Å². The van der Waals surface area contributed by atoms with E-state index in [1.807, 2.05) is 66.4 Å². The molecule has 0 saturated carbocycles. The van der Waals surface area contributed by atoms with Gasteiger partial charge in [-0.1, -0.05) is 12.1 Å². The van der Waals surface area contributed by atoms with Crippen LogP contribution < -0.4 is 0 Å². The van der Waals surface area contributed by atoms with Crippen molar-refractivity contribution < 1.29 is 0 Å². The van der Waals surface area contributed by atoms with Gasteiger partial charge in [0, 0.05) is 13.1 Å². The van der Waals surface area contributed by atoms with Gasteiger partial charge < -0.3 is 9.47 Å². The van der Waals surface area contributed by atoms with E-state index in [4.69, 9.17) is 9.97 Å². The largest absolute Gasteiger partial charge is 0.308 e. The Morgan fingerprint density at radius 3 is 2.40 bits per heavy atom. The Morgan fingerprint density at radius 2 is 1.67 bits per heavy atom. The lowest BCUT2D eigenvalue weighted by atomic mass is 10.3. The highest BCUT2D eigenvalue weighted by molar-refractivity contribution is 6.11. The standard InChI is InChI=1S/C21H17N9/c1-12-24-19-17(20-26-13-6-4-5-7-16(13)30(12)20)18-21(29(19)9-8-28(2)3)27-15(11-23)14(10-22)25-18/h4-7H,8-9H2,1-3H3. The molecule has 0 atom stereocenters. The first-order valence-electron chi connectivity index (χ1n) is 9.46. The van der Waals surface area contributed by atoms with E-state index < -0.39 is 0 Å². The molecule has 0 amide bonds. The number of imidazole rings is 1. The topological polar surface area (TPSA) is 112 Å². The molecule has 0 saturated heterocycles. The summed E-state index contributed by atoms with van der Waals surface area (Å²) in [5.41, 5.74) is 4.32. The summed E-state index contributed by atoms with van der Waals surface area (Å²) in [4.78, 5) is 20.8. The SMILES string of the molecule is Cc1nc2c(c3nc(C#N)c(C#N)nc3n2CCN(C)C)c2nc3ccccc3n12. The van der Waals surface area contributed by atoms with Crippen LogP contribution in [0.5, 0.6) is 0 Å². The second-order valence-corrected chi connectivity index (χ2v) is 7.39. The lowest BCUT2D eigenvalue weighted by molar-refractivity contribution is 0.388. The van der Waals surface area contributed by atoms with Crippen molar-refractivity contribution in [1.29, 1.82) is 10.5 Å². The summed E-state index contributed by atoms with van der Waals surface area (Å²) in [7, 11) is 3.98. The number of fused-ring (bicyclic) bond motifs is 7. The van der Waals surface area contributed by atoms with Crippen molar-refractivity contribution in [3.05, 3.63) is 41.5 Å². The van der Waals surface area contributed by atoms with Gasteiger partial charge in [-0.2, -0.15) is 10.5 Å². The normalized spacial score (nSPS) is 11.7. The predicted octanol–water partition coefficient (Wildman–Crippen LogP) is 2.39. The van der Waals surface area contributed by atoms with Crippen LogP contribution in [0.15, 0.2) is 24.3 Å². The summed E-state index contributed by atoms with van der Waals surface area (Å²) >= 11 is 0. The molecule has 4 aromatic heterocycles. The molecule has 0 N–H and O–H groups in total. The summed E-state index contributed by atoms with van der Waals surface area (Å²) in [5, 5.41) is 19.7. The fourth-order valence-electron chi connectivity index (χ4n) is 3.84. The van der Waals surface area contributed by atoms with Gasteiger partial charge in [-0.05, 0) is 33.2 Å². The molecule has 0 unspecified atom stereocenters. The van der Waals surface area contributed by atoms with Gasteiger partial charge in [-0.3, -0.25) is 4.40 Å². The van der Waals surface area contributed by atoms with Crippen LogP contribution in [0, 0.1) is 29.6 Å². The van der Waals surface area contributed by atoms with Gasteiger partial charge in [0.25, 0.3) is 0 Å². The molecule has 9 heteroatoms. The zero-order valence-electron chi connectivity index (χ0n) is 16.7. The number of nitrogens with zero attached hydrogens (tertiary/aromatic N) is 9. The number of benzene rings is 1. The Bertz CT molecular complexity index is 1560. The number of aryl methyl sites for hydroxylation is 1. The highest BCUT2D eigenvalue weighted by Crippen LogP contribution is 2.32. The van der Waals surface area contributed by atoms with Crippen LogP contribution in [-0.4, -0.2) is 54.4 Å². The number of likely N-dealkylation sites (N-methyl/N-ethyl adjacent to an activating group) is 1. The molecule has 9 nitrogen and oxygen atoms in total. The Kier molecular flexibility index (Phi) is 3.88. The Balaban J connectivity index is 2.01. The minimum atomic E-state index is 0.00601. The van der Waals surface area contributed by atoms with Crippen molar-refractivity contribution in [3.8, 4) is 12.1 Å². The summed E-state index contributed by atoms with van der Waals surface area (Å²) < 4.78 is 3.96. The van der Waals surface area contributed by atoms with Crippen molar-refractivity contribution >= 4 is 38.9 Å². The molecule has 0 aliphatic rings. The molecule has 30 heavy (non-hydrogen) atoms. The summed E-state index contributed by atoms with van der Waals surface area (Å²) in [6.45, 7) is 3.31. The fourth-order valence-corrected chi connectivity index (χ4v) is 3.84. The van der Waals surface area contributed by atoms with Gasteiger partial charge in [-0.15, -0.1) is 0 Å². The number of nitriles is 2. The molecule has 0 fully saturated rings. The maximum Gasteiger partial charge on any atom is 0.179 e. The van der Waals surface area contributed by atoms with Gasteiger partial charge in [0.2, 0.25) is 0 Å². The van der Waals surface area contributed by atoms with Gasteiger partial charge >= 0.3 is 0 Å². The van der Waals surface area contributed by atoms with Gasteiger partial charge in [0.15, 0.2) is 22.7 Å². The van der Waals surface area contributed by atoms with Crippen molar-refractivity contribution in [2.75, 3.05) is 20.6 Å². The molecule has 0 aliphatic carbocycles. The fraction of sp³-hybridized carbons (Fsp3) is 0.238. The van der Waals surface area contributed by atoms with Gasteiger partial charge in [0.1, 0.15) is 29.1 Å². The number of hydrogen-bond acceptors (Lipinski definition) is 7. The lowest BCUT2D eigenvalue weighted by Gasteiger charge is -2.12. The average molecular weight is 395 g/mol. The predicted molar refractivity (Wildman–Crippen MR) is 112 cm³/mol. The van der Waals surface area contributed by atoms with Crippen LogP contribution in [0.2, 0.25) is 0 Å². The second kappa shape index (κ2) is 6.48. The first kappa shape index (κ1) is 18.0. The third kappa shape index (κ3) is 2.43. The lowest BCUT2D eigenvalue weighted by Crippen LogP contribution is -2.19. The smallest absolute Gasteiger partial charge is 0.179 e. The molecule has 4 heterocycles. The molecular formula is C21H17N9. The van der Waals surface area contributed by atoms with Crippen molar-refractivity contribution in [1.82, 2.24) is 33.8 Å². The maximum absolute atomic E-state index is 9.48. The van der Waals surface area contributed by atoms with E-state index in [9.17, 15) is 10.5 Å². The summed E-state index contributed by atoms with van der Waals surface area (Å²) in [6.07, 6.45) is 0. The van der Waals surface area contributed by atoms with Crippen LogP contribution >= 0.6 is 0 Å². The van der Waals surface area contributed by atoms with Crippen molar-refractivity contribution in [2.24, 2.45) is 0 Å². The first-order valence-corrected chi connectivity index (χ1v) is 9.46. The molecule has 0 spiro atoms.